The second-order valence-electron chi connectivity index (χ2n) is 4.36. The molecule has 0 saturated heterocycles. The average Bonchev–Trinajstić information content (AvgIpc) is 2.18. The molecule has 1 N–H and O–H groups in total. The van der Waals surface area contributed by atoms with Crippen LogP contribution in [0.2, 0.25) is 0 Å². The van der Waals surface area contributed by atoms with Gasteiger partial charge in [-0.05, 0) is 24.1 Å². The van der Waals surface area contributed by atoms with Gasteiger partial charge in [-0.15, -0.1) is 0 Å². The van der Waals surface area contributed by atoms with Crippen LogP contribution >= 0.6 is 0 Å². The number of hydrogen-bond acceptors (Lipinski definition) is 2. The highest BCUT2D eigenvalue weighted by Crippen LogP contribution is 2.16. The van der Waals surface area contributed by atoms with E-state index >= 15 is 0 Å². The van der Waals surface area contributed by atoms with Gasteiger partial charge in [-0.1, -0.05) is 38.1 Å². The summed E-state index contributed by atoms with van der Waals surface area (Å²) in [7, 11) is 2.03. The van der Waals surface area contributed by atoms with Crippen molar-refractivity contribution in [2.75, 3.05) is 20.2 Å². The van der Waals surface area contributed by atoms with Gasteiger partial charge in [-0.25, -0.2) is 0 Å². The van der Waals surface area contributed by atoms with Gasteiger partial charge in [0.1, 0.15) is 0 Å². The molecule has 2 nitrogen and oxygen atoms in total. The summed E-state index contributed by atoms with van der Waals surface area (Å²) < 4.78 is 0. The van der Waals surface area contributed by atoms with Gasteiger partial charge in [-0.3, -0.25) is 4.90 Å². The molecule has 0 saturated carbocycles. The van der Waals surface area contributed by atoms with Gasteiger partial charge in [0.15, 0.2) is 0 Å². The second kappa shape index (κ2) is 5.89. The SMILES string of the molecule is CC(C)c1cccc(CN(C)CCO)c1. The van der Waals surface area contributed by atoms with E-state index in [1.165, 1.54) is 11.1 Å². The Morgan fingerprint density at radius 3 is 2.67 bits per heavy atom. The van der Waals surface area contributed by atoms with Crippen molar-refractivity contribution < 1.29 is 5.11 Å². The zero-order chi connectivity index (χ0) is 11.3. The third kappa shape index (κ3) is 4.02. The highest BCUT2D eigenvalue weighted by molar-refractivity contribution is 5.25. The van der Waals surface area contributed by atoms with Crippen molar-refractivity contribution in [3.8, 4) is 0 Å². The van der Waals surface area contributed by atoms with Gasteiger partial charge in [0.05, 0.1) is 6.61 Å². The topological polar surface area (TPSA) is 23.5 Å². The first-order chi connectivity index (χ1) is 7.13. The molecule has 0 unspecified atom stereocenters. The summed E-state index contributed by atoms with van der Waals surface area (Å²) in [6.07, 6.45) is 0. The predicted octanol–water partition coefficient (Wildman–Crippen LogP) is 2.23. The van der Waals surface area contributed by atoms with Crippen LogP contribution in [0, 0.1) is 0 Å². The standard InChI is InChI=1S/C13H21NO/c1-11(2)13-6-4-5-12(9-13)10-14(3)7-8-15/h4-6,9,11,15H,7-8,10H2,1-3H3. The van der Waals surface area contributed by atoms with Crippen LogP contribution in [0.25, 0.3) is 0 Å². The fraction of sp³-hybridized carbons (Fsp3) is 0.538. The Labute approximate surface area is 92.5 Å². The number of aliphatic hydroxyl groups is 1. The number of benzene rings is 1. The molecule has 0 amide bonds. The molecule has 0 heterocycles. The molecule has 0 aliphatic heterocycles. The van der Waals surface area contributed by atoms with E-state index in [0.29, 0.717) is 5.92 Å². The average molecular weight is 207 g/mol. The van der Waals surface area contributed by atoms with E-state index < -0.39 is 0 Å². The van der Waals surface area contributed by atoms with Crippen LogP contribution in [-0.2, 0) is 6.54 Å². The van der Waals surface area contributed by atoms with Crippen LogP contribution < -0.4 is 0 Å². The van der Waals surface area contributed by atoms with Crippen molar-refractivity contribution in [2.45, 2.75) is 26.3 Å². The van der Waals surface area contributed by atoms with E-state index in [4.69, 9.17) is 5.11 Å². The second-order valence-corrected chi connectivity index (χ2v) is 4.36. The quantitative estimate of drug-likeness (QED) is 0.800. The third-order valence-corrected chi connectivity index (χ3v) is 2.55. The Hall–Kier alpha value is -0.860. The highest BCUT2D eigenvalue weighted by atomic mass is 16.3. The minimum atomic E-state index is 0.223. The first kappa shape index (κ1) is 12.2. The molecule has 0 aliphatic rings. The van der Waals surface area contributed by atoms with Crippen molar-refractivity contribution in [2.24, 2.45) is 0 Å². The van der Waals surface area contributed by atoms with Crippen LogP contribution in [0.15, 0.2) is 24.3 Å². The first-order valence-electron chi connectivity index (χ1n) is 5.51. The Bertz CT molecular complexity index is 296. The van der Waals surface area contributed by atoms with Crippen molar-refractivity contribution >= 4 is 0 Å². The third-order valence-electron chi connectivity index (χ3n) is 2.55. The molecule has 1 aromatic carbocycles. The smallest absolute Gasteiger partial charge is 0.0558 e. The minimum absolute atomic E-state index is 0.223. The zero-order valence-electron chi connectivity index (χ0n) is 9.90. The van der Waals surface area contributed by atoms with Crippen molar-refractivity contribution in [1.29, 1.82) is 0 Å². The van der Waals surface area contributed by atoms with E-state index in [1.54, 1.807) is 0 Å². The maximum absolute atomic E-state index is 8.82. The number of likely N-dealkylation sites (N-methyl/N-ethyl adjacent to an activating group) is 1. The van der Waals surface area contributed by atoms with Crippen LogP contribution in [0.4, 0.5) is 0 Å². The van der Waals surface area contributed by atoms with Gasteiger partial charge < -0.3 is 5.11 Å². The number of nitrogens with zero attached hydrogens (tertiary/aromatic N) is 1. The Morgan fingerprint density at radius 1 is 1.33 bits per heavy atom. The molecule has 0 bridgehead atoms. The lowest BCUT2D eigenvalue weighted by atomic mass is 10.0. The summed E-state index contributed by atoms with van der Waals surface area (Å²) in [5.74, 6) is 0.577. The fourth-order valence-corrected chi connectivity index (χ4v) is 1.61. The van der Waals surface area contributed by atoms with Crippen LogP contribution in [-0.4, -0.2) is 30.2 Å². The summed E-state index contributed by atoms with van der Waals surface area (Å²) >= 11 is 0. The lowest BCUT2D eigenvalue weighted by Gasteiger charge is -2.16. The van der Waals surface area contributed by atoms with E-state index in [1.807, 2.05) is 7.05 Å². The zero-order valence-corrected chi connectivity index (χ0v) is 9.90. The van der Waals surface area contributed by atoms with E-state index in [0.717, 1.165) is 13.1 Å². The number of rotatable bonds is 5. The summed E-state index contributed by atoms with van der Waals surface area (Å²) in [6.45, 7) is 6.26. The molecule has 0 fully saturated rings. The van der Waals surface area contributed by atoms with Crippen LogP contribution in [0.1, 0.15) is 30.9 Å². The summed E-state index contributed by atoms with van der Waals surface area (Å²) in [5, 5.41) is 8.82. The molecular formula is C13H21NO. The van der Waals surface area contributed by atoms with E-state index in [9.17, 15) is 0 Å². The molecule has 1 aromatic rings. The van der Waals surface area contributed by atoms with Gasteiger partial charge >= 0.3 is 0 Å². The summed E-state index contributed by atoms with van der Waals surface area (Å²) in [4.78, 5) is 2.12. The molecule has 0 spiro atoms. The van der Waals surface area contributed by atoms with E-state index in [2.05, 4.69) is 43.0 Å². The molecule has 1 rings (SSSR count). The highest BCUT2D eigenvalue weighted by Gasteiger charge is 2.02. The lowest BCUT2D eigenvalue weighted by Crippen LogP contribution is -2.21. The molecule has 0 aromatic heterocycles. The molecule has 0 atom stereocenters. The first-order valence-corrected chi connectivity index (χ1v) is 5.51. The molecule has 0 aliphatic carbocycles. The maximum atomic E-state index is 8.82. The van der Waals surface area contributed by atoms with E-state index in [-0.39, 0.29) is 6.61 Å². The van der Waals surface area contributed by atoms with Crippen molar-refractivity contribution in [1.82, 2.24) is 4.90 Å². The largest absolute Gasteiger partial charge is 0.395 e. The van der Waals surface area contributed by atoms with Gasteiger partial charge in [0.2, 0.25) is 0 Å². The molecule has 0 radical (unpaired) electrons. The maximum Gasteiger partial charge on any atom is 0.0558 e. The number of aliphatic hydroxyl groups excluding tert-OH is 1. The molecule has 2 heteroatoms. The number of hydrogen-bond donors (Lipinski definition) is 1. The van der Waals surface area contributed by atoms with Crippen LogP contribution in [0.3, 0.4) is 0 Å². The molecule has 15 heavy (non-hydrogen) atoms. The normalized spacial score (nSPS) is 11.3. The Balaban J connectivity index is 2.65. The van der Waals surface area contributed by atoms with Gasteiger partial charge in [0, 0.05) is 13.1 Å². The molecule has 84 valence electrons. The lowest BCUT2D eigenvalue weighted by molar-refractivity contribution is 0.217. The van der Waals surface area contributed by atoms with Crippen LogP contribution in [0.5, 0.6) is 0 Å². The van der Waals surface area contributed by atoms with Gasteiger partial charge in [0.25, 0.3) is 0 Å². The Morgan fingerprint density at radius 2 is 2.07 bits per heavy atom. The summed E-state index contributed by atoms with van der Waals surface area (Å²) in [6, 6.07) is 8.66. The van der Waals surface area contributed by atoms with Crippen molar-refractivity contribution in [3.05, 3.63) is 35.4 Å². The molecular weight excluding hydrogens is 186 g/mol. The predicted molar refractivity (Wildman–Crippen MR) is 64.0 cm³/mol. The Kier molecular flexibility index (Phi) is 4.79. The van der Waals surface area contributed by atoms with Gasteiger partial charge in [-0.2, -0.15) is 0 Å². The minimum Gasteiger partial charge on any atom is -0.395 e. The van der Waals surface area contributed by atoms with Crippen molar-refractivity contribution in [3.63, 3.8) is 0 Å². The monoisotopic (exact) mass is 207 g/mol. The fourth-order valence-electron chi connectivity index (χ4n) is 1.61. The summed E-state index contributed by atoms with van der Waals surface area (Å²) in [5.41, 5.74) is 2.70.